The number of carbonyl (C=O) groups excluding carboxylic acids is 1. The van der Waals surface area contributed by atoms with E-state index in [1.165, 1.54) is 0 Å². The van der Waals surface area contributed by atoms with Gasteiger partial charge in [-0.2, -0.15) is 0 Å². The second-order valence-electron chi connectivity index (χ2n) is 7.90. The van der Waals surface area contributed by atoms with Crippen molar-refractivity contribution in [3.05, 3.63) is 0 Å². The Hall–Kier alpha value is -0.650. The number of hydrogen-bond donors (Lipinski definition) is 2. The molecule has 1 unspecified atom stereocenters. The van der Waals surface area contributed by atoms with E-state index in [2.05, 4.69) is 27.4 Å². The highest BCUT2D eigenvalue weighted by molar-refractivity contribution is 14.0. The zero-order valence-corrected chi connectivity index (χ0v) is 20.7. The third kappa shape index (κ3) is 10.8. The second-order valence-corrected chi connectivity index (χ2v) is 7.90. The number of hydrogen-bond acceptors (Lipinski definition) is 5. The van der Waals surface area contributed by atoms with E-state index >= 15 is 0 Å². The SMILES string of the molecule is CCNC(=NCCCOCC1CCOC1)NC1CCN(CC(=O)N(C)C)CC1.I. The Morgan fingerprint density at radius 2 is 2.03 bits per heavy atom. The molecule has 29 heavy (non-hydrogen) atoms. The smallest absolute Gasteiger partial charge is 0.236 e. The molecule has 0 radical (unpaired) electrons. The van der Waals surface area contributed by atoms with E-state index in [1.54, 1.807) is 4.90 Å². The van der Waals surface area contributed by atoms with Crippen LogP contribution in [-0.4, -0.2) is 101 Å². The number of likely N-dealkylation sites (N-methyl/N-ethyl adjacent to an activating group) is 1. The van der Waals surface area contributed by atoms with Crippen LogP contribution in [0.3, 0.4) is 0 Å². The Bertz CT molecular complexity index is 479. The highest BCUT2D eigenvalue weighted by Gasteiger charge is 2.22. The van der Waals surface area contributed by atoms with Crippen molar-refractivity contribution in [3.63, 3.8) is 0 Å². The summed E-state index contributed by atoms with van der Waals surface area (Å²) in [6, 6.07) is 0.405. The lowest BCUT2D eigenvalue weighted by atomic mass is 10.1. The minimum Gasteiger partial charge on any atom is -0.381 e. The fourth-order valence-electron chi connectivity index (χ4n) is 3.40. The predicted octanol–water partition coefficient (Wildman–Crippen LogP) is 1.16. The summed E-state index contributed by atoms with van der Waals surface area (Å²) in [4.78, 5) is 20.4. The highest BCUT2D eigenvalue weighted by atomic mass is 127. The molecule has 1 atom stereocenters. The van der Waals surface area contributed by atoms with Crippen LogP contribution in [-0.2, 0) is 14.3 Å². The van der Waals surface area contributed by atoms with Crippen LogP contribution in [0.25, 0.3) is 0 Å². The Labute approximate surface area is 193 Å². The van der Waals surface area contributed by atoms with Gasteiger partial charge in [0.25, 0.3) is 0 Å². The van der Waals surface area contributed by atoms with Crippen molar-refractivity contribution in [3.8, 4) is 0 Å². The monoisotopic (exact) mass is 525 g/mol. The van der Waals surface area contributed by atoms with Crippen molar-refractivity contribution >= 4 is 35.8 Å². The standard InChI is InChI=1S/C20H39N5O3.HI/c1-4-21-20(22-9-5-12-27-15-17-8-13-28-16-17)23-18-6-10-25(11-7-18)14-19(26)24(2)3;/h17-18H,4-16H2,1-3H3,(H2,21,22,23);1H. The van der Waals surface area contributed by atoms with Crippen molar-refractivity contribution < 1.29 is 14.3 Å². The number of carbonyl (C=O) groups is 1. The molecule has 0 saturated carbocycles. The fraction of sp³-hybridized carbons (Fsp3) is 0.900. The quantitative estimate of drug-likeness (QED) is 0.193. The number of nitrogens with one attached hydrogen (secondary N) is 2. The number of aliphatic imine (C=N–C) groups is 1. The minimum absolute atomic E-state index is 0. The van der Waals surface area contributed by atoms with Gasteiger partial charge in [-0.25, -0.2) is 0 Å². The van der Waals surface area contributed by atoms with E-state index in [0.717, 1.165) is 84.2 Å². The van der Waals surface area contributed by atoms with Gasteiger partial charge in [-0.05, 0) is 32.6 Å². The molecule has 2 aliphatic rings. The molecule has 0 bridgehead atoms. The third-order valence-corrected chi connectivity index (χ3v) is 5.22. The summed E-state index contributed by atoms with van der Waals surface area (Å²) in [5.41, 5.74) is 0. The molecule has 8 nitrogen and oxygen atoms in total. The molecule has 0 aromatic heterocycles. The first kappa shape index (κ1) is 26.4. The maximum Gasteiger partial charge on any atom is 0.236 e. The number of guanidine groups is 1. The van der Waals surface area contributed by atoms with Gasteiger partial charge in [-0.3, -0.25) is 14.7 Å². The van der Waals surface area contributed by atoms with E-state index < -0.39 is 0 Å². The second kappa shape index (κ2) is 15.2. The molecule has 0 aromatic rings. The van der Waals surface area contributed by atoms with E-state index in [9.17, 15) is 4.79 Å². The van der Waals surface area contributed by atoms with Crippen LogP contribution in [0.1, 0.15) is 32.6 Å². The molecule has 0 aliphatic carbocycles. The van der Waals surface area contributed by atoms with Gasteiger partial charge < -0.3 is 25.0 Å². The molecule has 2 heterocycles. The molecule has 2 rings (SSSR count). The first-order chi connectivity index (χ1) is 13.6. The van der Waals surface area contributed by atoms with Crippen molar-refractivity contribution in [2.24, 2.45) is 10.9 Å². The van der Waals surface area contributed by atoms with Crippen molar-refractivity contribution in [2.75, 3.05) is 73.2 Å². The Morgan fingerprint density at radius 1 is 1.28 bits per heavy atom. The van der Waals surface area contributed by atoms with Crippen molar-refractivity contribution in [1.29, 1.82) is 0 Å². The summed E-state index contributed by atoms with van der Waals surface area (Å²) in [6.45, 7) is 9.35. The molecule has 9 heteroatoms. The highest BCUT2D eigenvalue weighted by Crippen LogP contribution is 2.12. The summed E-state index contributed by atoms with van der Waals surface area (Å²) in [5.74, 6) is 1.62. The topological polar surface area (TPSA) is 78.4 Å². The Morgan fingerprint density at radius 3 is 2.66 bits per heavy atom. The van der Waals surface area contributed by atoms with Crippen LogP contribution in [0.4, 0.5) is 0 Å². The van der Waals surface area contributed by atoms with Crippen LogP contribution in [0.2, 0.25) is 0 Å². The molecule has 0 spiro atoms. The van der Waals surface area contributed by atoms with E-state index in [4.69, 9.17) is 9.47 Å². The summed E-state index contributed by atoms with van der Waals surface area (Å²) >= 11 is 0. The fourth-order valence-corrected chi connectivity index (χ4v) is 3.40. The third-order valence-electron chi connectivity index (χ3n) is 5.22. The average molecular weight is 525 g/mol. The van der Waals surface area contributed by atoms with Gasteiger partial charge in [-0.15, -0.1) is 24.0 Å². The predicted molar refractivity (Wildman–Crippen MR) is 127 cm³/mol. The molecule has 2 saturated heterocycles. The summed E-state index contributed by atoms with van der Waals surface area (Å²) < 4.78 is 11.1. The van der Waals surface area contributed by atoms with Crippen molar-refractivity contribution in [1.82, 2.24) is 20.4 Å². The minimum atomic E-state index is 0. The lowest BCUT2D eigenvalue weighted by Crippen LogP contribution is -2.50. The number of ether oxygens (including phenoxy) is 2. The normalized spacial score (nSPS) is 20.9. The lowest BCUT2D eigenvalue weighted by Gasteiger charge is -2.33. The van der Waals surface area contributed by atoms with Crippen LogP contribution >= 0.6 is 24.0 Å². The summed E-state index contributed by atoms with van der Waals surface area (Å²) in [5, 5.41) is 6.88. The maximum atomic E-state index is 11.8. The van der Waals surface area contributed by atoms with Gasteiger partial charge in [-0.1, -0.05) is 0 Å². The van der Waals surface area contributed by atoms with Crippen LogP contribution in [0, 0.1) is 5.92 Å². The zero-order chi connectivity index (χ0) is 20.2. The van der Waals surface area contributed by atoms with E-state index in [0.29, 0.717) is 18.5 Å². The van der Waals surface area contributed by atoms with Gasteiger partial charge in [0.2, 0.25) is 5.91 Å². The molecule has 170 valence electrons. The van der Waals surface area contributed by atoms with Crippen LogP contribution < -0.4 is 10.6 Å². The van der Waals surface area contributed by atoms with Gasteiger partial charge in [0, 0.05) is 65.4 Å². The molecule has 2 N–H and O–H groups in total. The molecule has 1 amide bonds. The maximum absolute atomic E-state index is 11.8. The van der Waals surface area contributed by atoms with Crippen molar-refractivity contribution in [2.45, 2.75) is 38.6 Å². The first-order valence-corrected chi connectivity index (χ1v) is 10.7. The number of likely N-dealkylation sites (tertiary alicyclic amines) is 1. The zero-order valence-electron chi connectivity index (χ0n) is 18.3. The Balaban J connectivity index is 0.00000420. The van der Waals surface area contributed by atoms with Crippen LogP contribution in [0.15, 0.2) is 4.99 Å². The van der Waals surface area contributed by atoms with Gasteiger partial charge >= 0.3 is 0 Å². The molecule has 0 aromatic carbocycles. The summed E-state index contributed by atoms with van der Waals surface area (Å²) in [6.07, 6.45) is 4.10. The molecular formula is C20H40IN5O3. The molecular weight excluding hydrogens is 485 g/mol. The summed E-state index contributed by atoms with van der Waals surface area (Å²) in [7, 11) is 3.62. The number of rotatable bonds is 10. The molecule has 2 aliphatic heterocycles. The number of amides is 1. The van der Waals surface area contributed by atoms with E-state index in [1.807, 2.05) is 14.1 Å². The van der Waals surface area contributed by atoms with E-state index in [-0.39, 0.29) is 29.9 Å². The number of nitrogens with zero attached hydrogens (tertiary/aromatic N) is 3. The number of piperidine rings is 1. The Kier molecular flexibility index (Phi) is 13.8. The number of halogens is 1. The largest absolute Gasteiger partial charge is 0.381 e. The van der Waals surface area contributed by atoms with Gasteiger partial charge in [0.05, 0.1) is 19.8 Å². The van der Waals surface area contributed by atoms with Gasteiger partial charge in [0.1, 0.15) is 0 Å². The van der Waals surface area contributed by atoms with Gasteiger partial charge in [0.15, 0.2) is 5.96 Å². The van der Waals surface area contributed by atoms with Crippen LogP contribution in [0.5, 0.6) is 0 Å². The first-order valence-electron chi connectivity index (χ1n) is 10.7. The average Bonchev–Trinajstić information content (AvgIpc) is 3.19. The molecule has 2 fully saturated rings. The lowest BCUT2D eigenvalue weighted by molar-refractivity contribution is -0.130.